The predicted molar refractivity (Wildman–Crippen MR) is 154 cm³/mol. The van der Waals surface area contributed by atoms with Gasteiger partial charge in [0.05, 0.1) is 11.6 Å². The van der Waals surface area contributed by atoms with Gasteiger partial charge in [0.15, 0.2) is 0 Å². The van der Waals surface area contributed by atoms with Crippen molar-refractivity contribution >= 4 is 17.4 Å². The Morgan fingerprint density at radius 2 is 1.80 bits per heavy atom. The van der Waals surface area contributed by atoms with Crippen LogP contribution in [0.15, 0.2) is 78.4 Å². The highest BCUT2D eigenvalue weighted by Gasteiger charge is 2.46. The topological polar surface area (TPSA) is 79.3 Å². The zero-order valence-electron chi connectivity index (χ0n) is 23.3. The van der Waals surface area contributed by atoms with Crippen molar-refractivity contribution < 1.29 is 24.2 Å². The van der Waals surface area contributed by atoms with Crippen molar-refractivity contribution in [1.29, 1.82) is 0 Å². The number of aliphatic hydroxyl groups is 1. The van der Waals surface area contributed by atoms with Gasteiger partial charge in [0, 0.05) is 25.1 Å². The molecule has 1 saturated heterocycles. The third-order valence-corrected chi connectivity index (χ3v) is 7.68. The summed E-state index contributed by atoms with van der Waals surface area (Å²) in [4.78, 5) is 30.7. The molecule has 0 spiro atoms. The fourth-order valence-corrected chi connectivity index (χ4v) is 5.49. The molecular formula is C33H36N2O5. The van der Waals surface area contributed by atoms with Crippen molar-refractivity contribution in [3.05, 3.63) is 101 Å². The number of nitrogens with zero attached hydrogens (tertiary/aromatic N) is 2. The monoisotopic (exact) mass is 540 g/mol. The molecule has 208 valence electrons. The zero-order chi connectivity index (χ0) is 28.2. The highest BCUT2D eigenvalue weighted by Crippen LogP contribution is 2.41. The van der Waals surface area contributed by atoms with Gasteiger partial charge in [-0.1, -0.05) is 56.3 Å². The molecule has 5 rings (SSSR count). The molecule has 0 aromatic heterocycles. The number of likely N-dealkylation sites (N-methyl/N-ethyl adjacent to an activating group) is 1. The molecule has 1 fully saturated rings. The Hall–Kier alpha value is -4.10. The van der Waals surface area contributed by atoms with Crippen molar-refractivity contribution in [1.82, 2.24) is 9.80 Å². The van der Waals surface area contributed by atoms with Crippen LogP contribution in [-0.4, -0.2) is 58.9 Å². The largest absolute Gasteiger partial charge is 0.507 e. The number of amides is 1. The Morgan fingerprint density at radius 3 is 2.55 bits per heavy atom. The summed E-state index contributed by atoms with van der Waals surface area (Å²) in [5.74, 6) is -0.0512. The Labute approximate surface area is 235 Å². The highest BCUT2D eigenvalue weighted by molar-refractivity contribution is 6.46. The summed E-state index contributed by atoms with van der Waals surface area (Å²) in [6.07, 6.45) is 0.774. The Bertz CT molecular complexity index is 1410. The summed E-state index contributed by atoms with van der Waals surface area (Å²) in [6, 6.07) is 22.0. The highest BCUT2D eigenvalue weighted by atomic mass is 16.5. The smallest absolute Gasteiger partial charge is 0.295 e. The third-order valence-electron chi connectivity index (χ3n) is 7.68. The molecule has 0 unspecified atom stereocenters. The van der Waals surface area contributed by atoms with Crippen molar-refractivity contribution in [2.75, 3.05) is 26.2 Å². The molecule has 3 aromatic rings. The van der Waals surface area contributed by atoms with Gasteiger partial charge in [0.1, 0.15) is 30.0 Å². The average molecular weight is 541 g/mol. The van der Waals surface area contributed by atoms with Crippen LogP contribution in [0.2, 0.25) is 0 Å². The van der Waals surface area contributed by atoms with Crippen LogP contribution in [0, 0.1) is 0 Å². The number of ether oxygens (including phenoxy) is 2. The molecule has 0 saturated carbocycles. The van der Waals surface area contributed by atoms with Crippen LogP contribution in [0.4, 0.5) is 0 Å². The number of hydrogen-bond donors (Lipinski definition) is 1. The summed E-state index contributed by atoms with van der Waals surface area (Å²) < 4.78 is 11.9. The van der Waals surface area contributed by atoms with Crippen molar-refractivity contribution in [2.45, 2.75) is 45.9 Å². The summed E-state index contributed by atoms with van der Waals surface area (Å²) in [5.41, 5.74) is 3.31. The zero-order valence-corrected chi connectivity index (χ0v) is 23.3. The second kappa shape index (κ2) is 12.0. The van der Waals surface area contributed by atoms with E-state index in [2.05, 4.69) is 18.7 Å². The maximum atomic E-state index is 13.5. The summed E-state index contributed by atoms with van der Waals surface area (Å²) in [7, 11) is 0. The first-order valence-corrected chi connectivity index (χ1v) is 14.0. The summed E-state index contributed by atoms with van der Waals surface area (Å²) in [5, 5.41) is 11.5. The molecule has 2 atom stereocenters. The van der Waals surface area contributed by atoms with E-state index in [1.807, 2.05) is 73.7 Å². The molecule has 2 aliphatic heterocycles. The van der Waals surface area contributed by atoms with Gasteiger partial charge in [-0.15, -0.1) is 0 Å². The van der Waals surface area contributed by atoms with Crippen molar-refractivity contribution in [3.63, 3.8) is 0 Å². The number of benzene rings is 3. The molecule has 1 N–H and O–H groups in total. The molecule has 40 heavy (non-hydrogen) atoms. The minimum Gasteiger partial charge on any atom is -0.507 e. The fraction of sp³-hybridized carbons (Fsp3) is 0.333. The molecule has 2 heterocycles. The van der Waals surface area contributed by atoms with Crippen LogP contribution < -0.4 is 9.47 Å². The van der Waals surface area contributed by atoms with Crippen molar-refractivity contribution in [3.8, 4) is 11.5 Å². The number of fused-ring (bicyclic) bond motifs is 1. The Kier molecular flexibility index (Phi) is 8.21. The van der Waals surface area contributed by atoms with E-state index in [1.54, 1.807) is 11.0 Å². The number of aliphatic hydroxyl groups excluding tert-OH is 1. The molecule has 7 heteroatoms. The number of hydrogen-bond acceptors (Lipinski definition) is 6. The molecule has 2 aliphatic rings. The van der Waals surface area contributed by atoms with E-state index < -0.39 is 17.7 Å². The normalized spacial score (nSPS) is 19.6. The van der Waals surface area contributed by atoms with Gasteiger partial charge in [-0.25, -0.2) is 0 Å². The van der Waals surface area contributed by atoms with Crippen LogP contribution in [0.3, 0.4) is 0 Å². The van der Waals surface area contributed by atoms with E-state index in [1.165, 1.54) is 0 Å². The first-order chi connectivity index (χ1) is 19.4. The molecule has 7 nitrogen and oxygen atoms in total. The van der Waals surface area contributed by atoms with Gasteiger partial charge in [0.2, 0.25) is 0 Å². The summed E-state index contributed by atoms with van der Waals surface area (Å²) >= 11 is 0. The molecule has 1 amide bonds. The van der Waals surface area contributed by atoms with Crippen LogP contribution in [0.25, 0.3) is 5.76 Å². The van der Waals surface area contributed by atoms with Crippen LogP contribution >= 0.6 is 0 Å². The Balaban J connectivity index is 1.53. The number of carbonyl (C=O) groups is 2. The number of rotatable bonds is 10. The number of carbonyl (C=O) groups excluding carboxylic acids is 2. The molecule has 3 aromatic carbocycles. The minimum absolute atomic E-state index is 0.0525. The van der Waals surface area contributed by atoms with Crippen LogP contribution in [0.5, 0.6) is 11.5 Å². The first-order valence-electron chi connectivity index (χ1n) is 14.0. The van der Waals surface area contributed by atoms with Gasteiger partial charge in [0.25, 0.3) is 11.7 Å². The lowest BCUT2D eigenvalue weighted by molar-refractivity contribution is -0.140. The lowest BCUT2D eigenvalue weighted by atomic mass is 9.94. The van der Waals surface area contributed by atoms with Crippen LogP contribution in [0.1, 0.15) is 49.1 Å². The van der Waals surface area contributed by atoms with E-state index in [-0.39, 0.29) is 17.4 Å². The standard InChI is InChI=1S/C33H36N2O5/c1-4-34(5-2)16-17-35-30(24-12-9-13-27(20-24)39-21-23-10-7-6-8-11-23)29(32(37)33(35)38)31(36)25-14-15-28-26(19-25)18-22(3)40-28/h6-15,19-20,22,30,36H,4-5,16-18,21H2,1-3H3/b31-29+/t22-,30-/m1/s1. The molecule has 0 bridgehead atoms. The second-order valence-corrected chi connectivity index (χ2v) is 10.3. The maximum Gasteiger partial charge on any atom is 0.295 e. The van der Waals surface area contributed by atoms with E-state index in [9.17, 15) is 14.7 Å². The lowest BCUT2D eigenvalue weighted by Gasteiger charge is -2.28. The summed E-state index contributed by atoms with van der Waals surface area (Å²) in [6.45, 7) is 9.18. The average Bonchev–Trinajstić information content (AvgIpc) is 3.47. The molecule has 0 aliphatic carbocycles. The van der Waals surface area contributed by atoms with E-state index in [0.29, 0.717) is 36.6 Å². The SMILES string of the molecule is CCN(CC)CCN1C(=O)C(=O)/C(=C(/O)c2ccc3c(c2)C[C@@H](C)O3)[C@H]1c1cccc(OCc2ccccc2)c1. The maximum absolute atomic E-state index is 13.5. The van der Waals surface area contributed by atoms with Crippen LogP contribution in [-0.2, 0) is 22.6 Å². The predicted octanol–water partition coefficient (Wildman–Crippen LogP) is 5.35. The number of ketones is 1. The lowest BCUT2D eigenvalue weighted by Crippen LogP contribution is -2.38. The van der Waals surface area contributed by atoms with Gasteiger partial charge >= 0.3 is 0 Å². The van der Waals surface area contributed by atoms with Gasteiger partial charge in [-0.05, 0) is 67.0 Å². The number of Topliss-reactive ketones (excluding diaryl/α,β-unsaturated/α-hetero) is 1. The third kappa shape index (κ3) is 5.61. The molecular weight excluding hydrogens is 504 g/mol. The fourth-order valence-electron chi connectivity index (χ4n) is 5.49. The Morgan fingerprint density at radius 1 is 1.02 bits per heavy atom. The van der Waals surface area contributed by atoms with Crippen molar-refractivity contribution in [2.24, 2.45) is 0 Å². The van der Waals surface area contributed by atoms with Gasteiger partial charge < -0.3 is 24.4 Å². The first kappa shape index (κ1) is 27.5. The number of likely N-dealkylation sites (tertiary alicyclic amines) is 1. The van der Waals surface area contributed by atoms with E-state index in [4.69, 9.17) is 9.47 Å². The minimum atomic E-state index is -0.737. The second-order valence-electron chi connectivity index (χ2n) is 10.3. The quantitative estimate of drug-likeness (QED) is 0.212. The van der Waals surface area contributed by atoms with E-state index in [0.717, 1.165) is 36.4 Å². The van der Waals surface area contributed by atoms with E-state index >= 15 is 0 Å². The van der Waals surface area contributed by atoms with Gasteiger partial charge in [-0.3, -0.25) is 9.59 Å². The van der Waals surface area contributed by atoms with Gasteiger partial charge in [-0.2, -0.15) is 0 Å². The molecule has 0 radical (unpaired) electrons.